The quantitative estimate of drug-likeness (QED) is 0.480. The highest BCUT2D eigenvalue weighted by Crippen LogP contribution is 2.32. The van der Waals surface area contributed by atoms with Crippen LogP contribution in [0, 0.1) is 0 Å². The number of alkyl halides is 3. The molecule has 174 valence electrons. The van der Waals surface area contributed by atoms with Gasteiger partial charge in [-0.1, -0.05) is 18.2 Å². The summed E-state index contributed by atoms with van der Waals surface area (Å²) >= 11 is 0. The van der Waals surface area contributed by atoms with E-state index in [2.05, 4.69) is 21.6 Å². The molecule has 1 aromatic carbocycles. The van der Waals surface area contributed by atoms with Gasteiger partial charge in [-0.3, -0.25) is 14.8 Å². The Hall–Kier alpha value is -2.00. The number of para-hydroxylation sites is 1. The molecule has 2 aliphatic rings. The van der Waals surface area contributed by atoms with Gasteiger partial charge in [0.2, 0.25) is 0 Å². The smallest absolute Gasteiger partial charge is 0.401 e. The van der Waals surface area contributed by atoms with E-state index < -0.39 is 12.7 Å². The van der Waals surface area contributed by atoms with Gasteiger partial charge in [-0.25, -0.2) is 0 Å². The van der Waals surface area contributed by atoms with E-state index in [0.29, 0.717) is 38.6 Å². The first-order valence-electron chi connectivity index (χ1n) is 11.1. The summed E-state index contributed by atoms with van der Waals surface area (Å²) in [6.07, 6.45) is -1.15. The van der Waals surface area contributed by atoms with Crippen LogP contribution in [0.15, 0.2) is 29.3 Å². The number of guanidine groups is 1. The second-order valence-corrected chi connectivity index (χ2v) is 8.20. The first-order valence-corrected chi connectivity index (χ1v) is 11.1. The van der Waals surface area contributed by atoms with Crippen LogP contribution in [0.3, 0.4) is 0 Å². The number of ether oxygens (including phenoxy) is 1. The molecule has 1 aromatic rings. The molecule has 0 spiro atoms. The molecule has 2 saturated heterocycles. The zero-order valence-electron chi connectivity index (χ0n) is 18.4. The van der Waals surface area contributed by atoms with Crippen LogP contribution in [0.2, 0.25) is 0 Å². The van der Waals surface area contributed by atoms with E-state index >= 15 is 0 Å². The zero-order chi connectivity index (χ0) is 22.3. The molecule has 2 atom stereocenters. The van der Waals surface area contributed by atoms with Crippen LogP contribution in [0.1, 0.15) is 37.8 Å². The van der Waals surface area contributed by atoms with Gasteiger partial charge < -0.3 is 15.4 Å². The van der Waals surface area contributed by atoms with E-state index in [1.165, 1.54) is 17.7 Å². The predicted octanol–water partition coefficient (Wildman–Crippen LogP) is 3.02. The molecule has 3 rings (SSSR count). The molecular weight excluding hydrogens is 407 g/mol. The second-order valence-electron chi connectivity index (χ2n) is 8.20. The largest absolute Gasteiger partial charge is 0.496 e. The maximum Gasteiger partial charge on any atom is 0.401 e. The van der Waals surface area contributed by atoms with Crippen molar-refractivity contribution in [2.45, 2.75) is 44.4 Å². The SMILES string of the molecule is CCNC(=NCC(c1ccccc1OC)N1CCCC1)NC1CCN(CC(F)(F)F)C1. The third kappa shape index (κ3) is 7.00. The first-order chi connectivity index (χ1) is 14.9. The number of rotatable bonds is 8. The Morgan fingerprint density at radius 2 is 1.97 bits per heavy atom. The van der Waals surface area contributed by atoms with Crippen molar-refractivity contribution in [3.05, 3.63) is 29.8 Å². The Morgan fingerprint density at radius 1 is 1.23 bits per heavy atom. The molecule has 2 N–H and O–H groups in total. The van der Waals surface area contributed by atoms with Gasteiger partial charge in [0.15, 0.2) is 5.96 Å². The van der Waals surface area contributed by atoms with E-state index in [0.717, 1.165) is 24.4 Å². The van der Waals surface area contributed by atoms with Gasteiger partial charge in [-0.15, -0.1) is 0 Å². The molecule has 0 saturated carbocycles. The van der Waals surface area contributed by atoms with Crippen LogP contribution in [0.25, 0.3) is 0 Å². The monoisotopic (exact) mass is 441 g/mol. The maximum atomic E-state index is 12.7. The average Bonchev–Trinajstić information content (AvgIpc) is 3.40. The van der Waals surface area contributed by atoms with Crippen LogP contribution in [0.4, 0.5) is 13.2 Å². The van der Waals surface area contributed by atoms with Gasteiger partial charge in [0.25, 0.3) is 0 Å². The van der Waals surface area contributed by atoms with E-state index in [1.54, 1.807) is 7.11 Å². The molecule has 0 radical (unpaired) electrons. The third-order valence-electron chi connectivity index (χ3n) is 5.86. The highest BCUT2D eigenvalue weighted by molar-refractivity contribution is 5.80. The van der Waals surface area contributed by atoms with E-state index in [4.69, 9.17) is 9.73 Å². The van der Waals surface area contributed by atoms with Crippen molar-refractivity contribution in [1.29, 1.82) is 0 Å². The standard InChI is InChI=1S/C22H34F3N5O/c1-3-26-21(28-17-10-13-29(15-17)16-22(23,24)25)27-14-19(30-11-6-7-12-30)18-8-4-5-9-20(18)31-2/h4-5,8-9,17,19H,3,6-7,10-16H2,1-2H3,(H2,26,27,28). The molecule has 2 unspecified atom stereocenters. The number of nitrogens with zero attached hydrogens (tertiary/aromatic N) is 3. The summed E-state index contributed by atoms with van der Waals surface area (Å²) in [5, 5.41) is 6.59. The lowest BCUT2D eigenvalue weighted by Gasteiger charge is -2.28. The average molecular weight is 442 g/mol. The maximum absolute atomic E-state index is 12.7. The number of methoxy groups -OCH3 is 1. The molecule has 2 aliphatic heterocycles. The lowest BCUT2D eigenvalue weighted by molar-refractivity contribution is -0.143. The Labute approximate surface area is 182 Å². The predicted molar refractivity (Wildman–Crippen MR) is 117 cm³/mol. The van der Waals surface area contributed by atoms with Gasteiger partial charge in [0.1, 0.15) is 5.75 Å². The molecule has 2 fully saturated rings. The summed E-state index contributed by atoms with van der Waals surface area (Å²) < 4.78 is 43.7. The number of hydrogen-bond acceptors (Lipinski definition) is 4. The van der Waals surface area contributed by atoms with Crippen molar-refractivity contribution in [2.24, 2.45) is 4.99 Å². The Kier molecular flexibility index (Phi) is 8.43. The number of benzene rings is 1. The van der Waals surface area contributed by atoms with Crippen LogP contribution in [-0.2, 0) is 0 Å². The van der Waals surface area contributed by atoms with Crippen molar-refractivity contribution in [1.82, 2.24) is 20.4 Å². The molecule has 6 nitrogen and oxygen atoms in total. The van der Waals surface area contributed by atoms with E-state index in [1.807, 2.05) is 25.1 Å². The zero-order valence-corrected chi connectivity index (χ0v) is 18.4. The van der Waals surface area contributed by atoms with Gasteiger partial charge in [0.05, 0.1) is 26.2 Å². The number of halogens is 3. The van der Waals surface area contributed by atoms with E-state index in [-0.39, 0.29) is 12.1 Å². The number of hydrogen-bond donors (Lipinski definition) is 2. The molecule has 9 heteroatoms. The topological polar surface area (TPSA) is 52.1 Å². The normalized spacial score (nSPS) is 22.0. The number of nitrogens with one attached hydrogen (secondary N) is 2. The Bertz CT molecular complexity index is 721. The fourth-order valence-electron chi connectivity index (χ4n) is 4.44. The van der Waals surface area contributed by atoms with Gasteiger partial charge in [-0.2, -0.15) is 13.2 Å². The Morgan fingerprint density at radius 3 is 2.65 bits per heavy atom. The molecule has 2 heterocycles. The second kappa shape index (κ2) is 11.0. The minimum atomic E-state index is -4.16. The number of likely N-dealkylation sites (tertiary alicyclic amines) is 2. The summed E-state index contributed by atoms with van der Waals surface area (Å²) in [5.74, 6) is 1.51. The lowest BCUT2D eigenvalue weighted by Crippen LogP contribution is -2.45. The minimum Gasteiger partial charge on any atom is -0.496 e. The lowest BCUT2D eigenvalue weighted by atomic mass is 10.0. The summed E-state index contributed by atoms with van der Waals surface area (Å²) in [6, 6.07) is 8.09. The minimum absolute atomic E-state index is 0.0448. The molecule has 0 aromatic heterocycles. The molecule has 0 aliphatic carbocycles. The van der Waals surface area contributed by atoms with Crippen LogP contribution < -0.4 is 15.4 Å². The van der Waals surface area contributed by atoms with Crippen LogP contribution in [-0.4, -0.2) is 80.9 Å². The third-order valence-corrected chi connectivity index (χ3v) is 5.86. The van der Waals surface area contributed by atoms with Gasteiger partial charge >= 0.3 is 6.18 Å². The first kappa shape index (κ1) is 23.7. The Balaban J connectivity index is 1.69. The summed E-state index contributed by atoms with van der Waals surface area (Å²) in [6.45, 7) is 5.22. The number of aliphatic imine (C=N–C) groups is 1. The fraction of sp³-hybridized carbons (Fsp3) is 0.682. The fourth-order valence-corrected chi connectivity index (χ4v) is 4.44. The van der Waals surface area contributed by atoms with Crippen molar-refractivity contribution >= 4 is 5.96 Å². The molecule has 0 bridgehead atoms. The van der Waals surface area contributed by atoms with Crippen molar-refractivity contribution < 1.29 is 17.9 Å². The summed E-state index contributed by atoms with van der Waals surface area (Å²) in [5.41, 5.74) is 1.11. The van der Waals surface area contributed by atoms with Crippen LogP contribution >= 0.6 is 0 Å². The highest BCUT2D eigenvalue weighted by Gasteiger charge is 2.34. The van der Waals surface area contributed by atoms with Crippen molar-refractivity contribution in [2.75, 3.05) is 52.9 Å². The molecule has 31 heavy (non-hydrogen) atoms. The highest BCUT2D eigenvalue weighted by atomic mass is 19.4. The van der Waals surface area contributed by atoms with Crippen molar-refractivity contribution in [3.63, 3.8) is 0 Å². The van der Waals surface area contributed by atoms with Crippen molar-refractivity contribution in [3.8, 4) is 5.75 Å². The van der Waals surface area contributed by atoms with Crippen LogP contribution in [0.5, 0.6) is 5.75 Å². The van der Waals surface area contributed by atoms with Gasteiger partial charge in [0, 0.05) is 31.2 Å². The molecule has 0 amide bonds. The van der Waals surface area contributed by atoms with Gasteiger partial charge in [-0.05, 0) is 45.3 Å². The summed E-state index contributed by atoms with van der Waals surface area (Å²) in [4.78, 5) is 8.71. The van der Waals surface area contributed by atoms with E-state index in [9.17, 15) is 13.2 Å². The molecular formula is C22H34F3N5O. The summed E-state index contributed by atoms with van der Waals surface area (Å²) in [7, 11) is 1.68.